The van der Waals surface area contributed by atoms with Crippen LogP contribution in [0.2, 0.25) is 0 Å². The first kappa shape index (κ1) is 12.7. The average Bonchev–Trinajstić information content (AvgIpc) is 2.86. The van der Waals surface area contributed by atoms with Gasteiger partial charge in [-0.3, -0.25) is 0 Å². The van der Waals surface area contributed by atoms with Crippen molar-refractivity contribution in [3.8, 4) is 0 Å². The Bertz CT molecular complexity index is 754. The zero-order valence-corrected chi connectivity index (χ0v) is 10.5. The molecule has 0 radical (unpaired) electrons. The van der Waals surface area contributed by atoms with Gasteiger partial charge < -0.3 is 5.11 Å². The van der Waals surface area contributed by atoms with Gasteiger partial charge in [0, 0.05) is 24.2 Å². The van der Waals surface area contributed by atoms with Gasteiger partial charge in [-0.2, -0.15) is 5.10 Å². The van der Waals surface area contributed by atoms with Crippen molar-refractivity contribution in [1.82, 2.24) is 9.61 Å². The summed E-state index contributed by atoms with van der Waals surface area (Å²) in [5, 5.41) is 14.4. The van der Waals surface area contributed by atoms with Crippen molar-refractivity contribution >= 4 is 5.52 Å². The number of rotatable bonds is 3. The molecule has 0 aliphatic carbocycles. The number of halogens is 2. The van der Waals surface area contributed by atoms with Gasteiger partial charge in [-0.05, 0) is 23.8 Å². The Kier molecular flexibility index (Phi) is 3.20. The Morgan fingerprint density at radius 3 is 2.85 bits per heavy atom. The molecule has 2 heterocycles. The lowest BCUT2D eigenvalue weighted by atomic mass is 10.0. The molecule has 102 valence electrons. The summed E-state index contributed by atoms with van der Waals surface area (Å²) in [5.41, 5.74) is 1.66. The summed E-state index contributed by atoms with van der Waals surface area (Å²) in [6, 6.07) is 8.84. The van der Waals surface area contributed by atoms with Crippen LogP contribution in [0.15, 0.2) is 48.8 Å². The van der Waals surface area contributed by atoms with E-state index in [1.165, 1.54) is 12.1 Å². The van der Waals surface area contributed by atoms with Crippen molar-refractivity contribution in [3.63, 3.8) is 0 Å². The molecule has 3 aromatic rings. The van der Waals surface area contributed by atoms with Crippen LogP contribution in [0, 0.1) is 11.6 Å². The quantitative estimate of drug-likeness (QED) is 0.797. The summed E-state index contributed by atoms with van der Waals surface area (Å²) in [7, 11) is 0. The minimum atomic E-state index is -0.894. The fourth-order valence-corrected chi connectivity index (χ4v) is 2.22. The van der Waals surface area contributed by atoms with Gasteiger partial charge in [0.15, 0.2) is 0 Å². The third-order valence-electron chi connectivity index (χ3n) is 3.24. The molecular weight excluding hydrogens is 262 g/mol. The summed E-state index contributed by atoms with van der Waals surface area (Å²) in [6.45, 7) is 0. The Hall–Kier alpha value is -2.27. The highest BCUT2D eigenvalue weighted by Gasteiger charge is 2.16. The predicted octanol–water partition coefficient (Wildman–Crippen LogP) is 2.89. The number of hydrogen-bond donors (Lipinski definition) is 1. The first-order valence-electron chi connectivity index (χ1n) is 6.19. The van der Waals surface area contributed by atoms with Gasteiger partial charge in [-0.25, -0.2) is 13.3 Å². The molecule has 3 rings (SSSR count). The zero-order chi connectivity index (χ0) is 14.1. The Morgan fingerprint density at radius 1 is 1.20 bits per heavy atom. The van der Waals surface area contributed by atoms with Crippen molar-refractivity contribution in [2.24, 2.45) is 0 Å². The molecule has 0 spiro atoms. The maximum absolute atomic E-state index is 13.6. The number of benzene rings is 1. The Morgan fingerprint density at radius 2 is 2.05 bits per heavy atom. The highest BCUT2D eigenvalue weighted by atomic mass is 19.1. The minimum Gasteiger partial charge on any atom is -0.388 e. The van der Waals surface area contributed by atoms with Gasteiger partial charge in [-0.1, -0.05) is 12.1 Å². The standard InChI is InChI=1S/C15H12F2N2O/c16-11-5-4-10(13(17)8-11)7-15(20)12-9-18-19-6-2-1-3-14(12)19/h1-6,8-9,15,20H,7H2. The van der Waals surface area contributed by atoms with Crippen LogP contribution in [-0.4, -0.2) is 14.7 Å². The van der Waals surface area contributed by atoms with E-state index in [2.05, 4.69) is 5.10 Å². The normalized spacial score (nSPS) is 12.8. The van der Waals surface area contributed by atoms with Gasteiger partial charge in [0.25, 0.3) is 0 Å². The molecule has 1 unspecified atom stereocenters. The van der Waals surface area contributed by atoms with E-state index in [0.717, 1.165) is 11.6 Å². The molecule has 0 fully saturated rings. The number of aliphatic hydroxyl groups excluding tert-OH is 1. The topological polar surface area (TPSA) is 37.5 Å². The molecule has 0 bridgehead atoms. The molecule has 2 aromatic heterocycles. The minimum absolute atomic E-state index is 0.0718. The van der Waals surface area contributed by atoms with Crippen molar-refractivity contribution < 1.29 is 13.9 Å². The van der Waals surface area contributed by atoms with Crippen molar-refractivity contribution in [1.29, 1.82) is 0 Å². The van der Waals surface area contributed by atoms with Gasteiger partial charge >= 0.3 is 0 Å². The number of fused-ring (bicyclic) bond motifs is 1. The maximum Gasteiger partial charge on any atom is 0.129 e. The molecular formula is C15H12F2N2O. The van der Waals surface area contributed by atoms with Crippen LogP contribution in [0.5, 0.6) is 0 Å². The van der Waals surface area contributed by atoms with Crippen LogP contribution in [-0.2, 0) is 6.42 Å². The van der Waals surface area contributed by atoms with E-state index in [0.29, 0.717) is 5.56 Å². The smallest absolute Gasteiger partial charge is 0.129 e. The Balaban J connectivity index is 1.91. The molecule has 5 heteroatoms. The van der Waals surface area contributed by atoms with Crippen molar-refractivity contribution in [2.45, 2.75) is 12.5 Å². The van der Waals surface area contributed by atoms with Gasteiger partial charge in [0.1, 0.15) is 11.6 Å². The van der Waals surface area contributed by atoms with Crippen LogP contribution in [0.3, 0.4) is 0 Å². The van der Waals surface area contributed by atoms with E-state index in [1.54, 1.807) is 16.9 Å². The zero-order valence-electron chi connectivity index (χ0n) is 10.5. The van der Waals surface area contributed by atoms with Crippen LogP contribution in [0.25, 0.3) is 5.52 Å². The second-order valence-electron chi connectivity index (χ2n) is 4.59. The van der Waals surface area contributed by atoms with E-state index in [1.807, 2.05) is 18.2 Å². The van der Waals surface area contributed by atoms with Gasteiger partial charge in [-0.15, -0.1) is 0 Å². The third kappa shape index (κ3) is 2.28. The first-order chi connectivity index (χ1) is 9.65. The first-order valence-corrected chi connectivity index (χ1v) is 6.19. The lowest BCUT2D eigenvalue weighted by Gasteiger charge is -2.10. The number of hydrogen-bond acceptors (Lipinski definition) is 2. The molecule has 1 aromatic carbocycles. The molecule has 3 nitrogen and oxygen atoms in total. The summed E-state index contributed by atoms with van der Waals surface area (Å²) < 4.78 is 28.1. The maximum atomic E-state index is 13.6. The largest absolute Gasteiger partial charge is 0.388 e. The monoisotopic (exact) mass is 274 g/mol. The number of pyridine rings is 1. The Labute approximate surface area is 114 Å². The molecule has 0 aliphatic heterocycles. The van der Waals surface area contributed by atoms with Crippen LogP contribution < -0.4 is 0 Å². The lowest BCUT2D eigenvalue weighted by Crippen LogP contribution is -2.03. The number of aliphatic hydroxyl groups is 1. The van der Waals surface area contributed by atoms with E-state index >= 15 is 0 Å². The van der Waals surface area contributed by atoms with E-state index in [-0.39, 0.29) is 12.0 Å². The molecule has 1 N–H and O–H groups in total. The third-order valence-corrected chi connectivity index (χ3v) is 3.24. The SMILES string of the molecule is OC(Cc1ccc(F)cc1F)c1cnn2ccccc12. The molecule has 0 aliphatic rings. The molecule has 20 heavy (non-hydrogen) atoms. The molecule has 1 atom stereocenters. The van der Waals surface area contributed by atoms with Crippen molar-refractivity contribution in [3.05, 3.63) is 71.6 Å². The van der Waals surface area contributed by atoms with Gasteiger partial charge in [0.2, 0.25) is 0 Å². The summed E-state index contributed by atoms with van der Waals surface area (Å²) >= 11 is 0. The van der Waals surface area contributed by atoms with Crippen LogP contribution in [0.1, 0.15) is 17.2 Å². The van der Waals surface area contributed by atoms with Crippen LogP contribution >= 0.6 is 0 Å². The lowest BCUT2D eigenvalue weighted by molar-refractivity contribution is 0.178. The van der Waals surface area contributed by atoms with E-state index in [4.69, 9.17) is 0 Å². The van der Waals surface area contributed by atoms with E-state index < -0.39 is 17.7 Å². The summed E-state index contributed by atoms with van der Waals surface area (Å²) in [6.07, 6.45) is 2.50. The molecule has 0 saturated carbocycles. The molecule has 0 amide bonds. The number of aromatic nitrogens is 2. The van der Waals surface area contributed by atoms with Gasteiger partial charge in [0.05, 0.1) is 17.8 Å². The highest BCUT2D eigenvalue weighted by molar-refractivity contribution is 5.54. The second-order valence-corrected chi connectivity index (χ2v) is 4.59. The molecule has 0 saturated heterocycles. The van der Waals surface area contributed by atoms with Crippen molar-refractivity contribution in [2.75, 3.05) is 0 Å². The van der Waals surface area contributed by atoms with E-state index in [9.17, 15) is 13.9 Å². The highest BCUT2D eigenvalue weighted by Crippen LogP contribution is 2.24. The second kappa shape index (κ2) is 5.02. The van der Waals surface area contributed by atoms with Crippen LogP contribution in [0.4, 0.5) is 8.78 Å². The number of nitrogens with zero attached hydrogens (tertiary/aromatic N) is 2. The summed E-state index contributed by atoms with van der Waals surface area (Å²) in [5.74, 6) is -1.28. The fourth-order valence-electron chi connectivity index (χ4n) is 2.22. The summed E-state index contributed by atoms with van der Waals surface area (Å²) in [4.78, 5) is 0. The average molecular weight is 274 g/mol. The fraction of sp³-hybridized carbons (Fsp3) is 0.133. The predicted molar refractivity (Wildman–Crippen MR) is 70.2 cm³/mol.